The van der Waals surface area contributed by atoms with Gasteiger partial charge in [0.25, 0.3) is 0 Å². The van der Waals surface area contributed by atoms with Gasteiger partial charge in [0.05, 0.1) is 17.8 Å². The molecule has 2 atom stereocenters. The molecule has 0 radical (unpaired) electrons. The zero-order valence-corrected chi connectivity index (χ0v) is 20.7. The highest BCUT2D eigenvalue weighted by Crippen LogP contribution is 2.46. The molecule has 1 N–H and O–H groups in total. The van der Waals surface area contributed by atoms with Crippen molar-refractivity contribution in [3.8, 4) is 11.5 Å². The number of nitrogens with zero attached hydrogens (tertiary/aromatic N) is 3. The Labute approximate surface area is 211 Å². The maximum absolute atomic E-state index is 6.02. The number of thiocarbonyl (C=S) groups is 1. The average molecular weight is 481 g/mol. The molecule has 2 aromatic carbocycles. The van der Waals surface area contributed by atoms with Crippen LogP contribution in [0.15, 0.2) is 85.1 Å². The predicted octanol–water partition coefficient (Wildman–Crippen LogP) is 6.80. The molecular weight excluding hydrogens is 452 g/mol. The van der Waals surface area contributed by atoms with Crippen LogP contribution in [0.4, 0.5) is 5.69 Å². The number of anilines is 1. The van der Waals surface area contributed by atoms with Gasteiger partial charge in [-0.3, -0.25) is 4.98 Å². The van der Waals surface area contributed by atoms with Gasteiger partial charge in [-0.1, -0.05) is 24.3 Å². The minimum absolute atomic E-state index is 0.00279. The quantitative estimate of drug-likeness (QED) is 0.307. The van der Waals surface area contributed by atoms with Crippen molar-refractivity contribution >= 4 is 23.0 Å². The first-order chi connectivity index (χ1) is 17.1. The molecule has 2 aromatic heterocycles. The number of hydrogen-bond donors (Lipinski definition) is 1. The van der Waals surface area contributed by atoms with Crippen molar-refractivity contribution in [1.29, 1.82) is 0 Å². The molecule has 0 unspecified atom stereocenters. The van der Waals surface area contributed by atoms with Gasteiger partial charge < -0.3 is 19.5 Å². The highest BCUT2D eigenvalue weighted by Gasteiger charge is 2.43. The van der Waals surface area contributed by atoms with Crippen LogP contribution in [-0.2, 0) is 0 Å². The highest BCUT2D eigenvalue weighted by atomic mass is 32.1. The first kappa shape index (κ1) is 21.9. The minimum atomic E-state index is -0.0444. The molecule has 0 amide bonds. The van der Waals surface area contributed by atoms with Crippen LogP contribution in [0, 0.1) is 13.8 Å². The van der Waals surface area contributed by atoms with Crippen LogP contribution >= 0.6 is 12.2 Å². The third kappa shape index (κ3) is 4.08. The molecule has 35 heavy (non-hydrogen) atoms. The summed E-state index contributed by atoms with van der Waals surface area (Å²) in [6, 6.07) is 27.0. The lowest BCUT2D eigenvalue weighted by Crippen LogP contribution is -2.29. The van der Waals surface area contributed by atoms with Crippen molar-refractivity contribution in [2.75, 3.05) is 4.90 Å². The molecule has 5 nitrogen and oxygen atoms in total. The zero-order chi connectivity index (χ0) is 23.9. The van der Waals surface area contributed by atoms with Crippen molar-refractivity contribution in [2.45, 2.75) is 44.8 Å². The standard InChI is InChI=1S/C29H28N4OS/c1-19-18-25(20(2)32(19)21-11-12-21)28-27(26-10-6-7-17-30-26)31-29(35)33(28)22-13-15-24(16-14-22)34-23-8-4-3-5-9-23/h3-10,13-18,21,27-28H,11-12H2,1-2H3,(H,31,35)/t27-,28-/m1/s1. The normalized spacial score (nSPS) is 19.6. The molecule has 1 saturated heterocycles. The van der Waals surface area contributed by atoms with Gasteiger partial charge in [0.2, 0.25) is 0 Å². The summed E-state index contributed by atoms with van der Waals surface area (Å²) in [5.74, 6) is 1.61. The van der Waals surface area contributed by atoms with E-state index in [1.807, 2.05) is 60.8 Å². The number of rotatable bonds is 6. The summed E-state index contributed by atoms with van der Waals surface area (Å²) in [6.45, 7) is 4.46. The Morgan fingerprint density at radius 3 is 2.31 bits per heavy atom. The molecule has 1 saturated carbocycles. The molecule has 176 valence electrons. The summed E-state index contributed by atoms with van der Waals surface area (Å²) in [5, 5.41) is 4.28. The fraction of sp³-hybridized carbons (Fsp3) is 0.241. The van der Waals surface area contributed by atoms with Gasteiger partial charge in [-0.2, -0.15) is 0 Å². The van der Waals surface area contributed by atoms with Crippen molar-refractivity contribution in [1.82, 2.24) is 14.9 Å². The molecule has 1 aliphatic heterocycles. The largest absolute Gasteiger partial charge is 0.457 e. The van der Waals surface area contributed by atoms with E-state index in [0.717, 1.165) is 22.9 Å². The summed E-state index contributed by atoms with van der Waals surface area (Å²) in [6.07, 6.45) is 4.36. The van der Waals surface area contributed by atoms with E-state index in [1.165, 1.54) is 29.8 Å². The van der Waals surface area contributed by atoms with Crippen LogP contribution in [-0.4, -0.2) is 14.7 Å². The first-order valence-electron chi connectivity index (χ1n) is 12.1. The lowest BCUT2D eigenvalue weighted by molar-refractivity contribution is 0.482. The fourth-order valence-corrected chi connectivity index (χ4v) is 5.59. The van der Waals surface area contributed by atoms with E-state index >= 15 is 0 Å². The molecule has 2 aliphatic rings. The van der Waals surface area contributed by atoms with E-state index < -0.39 is 0 Å². The van der Waals surface area contributed by atoms with E-state index in [-0.39, 0.29) is 12.1 Å². The molecule has 6 heteroatoms. The van der Waals surface area contributed by atoms with Gasteiger partial charge >= 0.3 is 0 Å². The Morgan fingerprint density at radius 1 is 0.914 bits per heavy atom. The van der Waals surface area contributed by atoms with E-state index in [1.54, 1.807) is 0 Å². The maximum Gasteiger partial charge on any atom is 0.174 e. The molecule has 6 rings (SSSR count). The lowest BCUT2D eigenvalue weighted by atomic mass is 9.96. The third-order valence-corrected chi connectivity index (χ3v) is 7.26. The van der Waals surface area contributed by atoms with Crippen LogP contribution in [0.5, 0.6) is 11.5 Å². The van der Waals surface area contributed by atoms with Gasteiger partial charge in [0.15, 0.2) is 5.11 Å². The highest BCUT2D eigenvalue weighted by molar-refractivity contribution is 7.80. The van der Waals surface area contributed by atoms with E-state index in [9.17, 15) is 0 Å². The topological polar surface area (TPSA) is 42.3 Å². The number of benzene rings is 2. The van der Waals surface area contributed by atoms with E-state index in [2.05, 4.69) is 52.9 Å². The van der Waals surface area contributed by atoms with Gasteiger partial charge in [-0.15, -0.1) is 0 Å². The maximum atomic E-state index is 6.02. The summed E-state index contributed by atoms with van der Waals surface area (Å²) in [7, 11) is 0. The molecule has 4 aromatic rings. The van der Waals surface area contributed by atoms with Gasteiger partial charge in [-0.25, -0.2) is 0 Å². The number of hydrogen-bond acceptors (Lipinski definition) is 3. The molecule has 0 bridgehead atoms. The number of para-hydroxylation sites is 1. The van der Waals surface area contributed by atoms with Gasteiger partial charge in [0, 0.05) is 29.3 Å². The van der Waals surface area contributed by atoms with Crippen LogP contribution in [0.1, 0.15) is 53.6 Å². The summed E-state index contributed by atoms with van der Waals surface area (Å²) in [4.78, 5) is 6.93. The lowest BCUT2D eigenvalue weighted by Gasteiger charge is -2.28. The second kappa shape index (κ2) is 8.86. The second-order valence-corrected chi connectivity index (χ2v) is 9.72. The molecule has 2 fully saturated rings. The summed E-state index contributed by atoms with van der Waals surface area (Å²) < 4.78 is 8.52. The number of aryl methyl sites for hydroxylation is 1. The van der Waals surface area contributed by atoms with E-state index in [0.29, 0.717) is 11.2 Å². The Bertz CT molecular complexity index is 1350. The van der Waals surface area contributed by atoms with Crippen LogP contribution < -0.4 is 15.0 Å². The van der Waals surface area contributed by atoms with Crippen molar-refractivity contribution < 1.29 is 4.74 Å². The monoisotopic (exact) mass is 480 g/mol. The van der Waals surface area contributed by atoms with Crippen LogP contribution in [0.2, 0.25) is 0 Å². The first-order valence-corrected chi connectivity index (χ1v) is 12.5. The zero-order valence-electron chi connectivity index (χ0n) is 19.9. The van der Waals surface area contributed by atoms with Crippen LogP contribution in [0.25, 0.3) is 0 Å². The fourth-order valence-electron chi connectivity index (χ4n) is 5.25. The summed E-state index contributed by atoms with van der Waals surface area (Å²) >= 11 is 5.91. The van der Waals surface area contributed by atoms with Gasteiger partial charge in [-0.05, 0) is 99.1 Å². The minimum Gasteiger partial charge on any atom is -0.457 e. The molecule has 0 spiro atoms. The Morgan fingerprint density at radius 2 is 1.63 bits per heavy atom. The van der Waals surface area contributed by atoms with Crippen LogP contribution in [0.3, 0.4) is 0 Å². The Kier molecular flexibility index (Phi) is 5.53. The van der Waals surface area contributed by atoms with Crippen molar-refractivity contribution in [2.24, 2.45) is 0 Å². The van der Waals surface area contributed by atoms with Crippen molar-refractivity contribution in [3.05, 3.63) is 108 Å². The molecule has 3 heterocycles. The van der Waals surface area contributed by atoms with Gasteiger partial charge in [0.1, 0.15) is 11.5 Å². The summed E-state index contributed by atoms with van der Waals surface area (Å²) in [5.41, 5.74) is 5.94. The number of aromatic nitrogens is 2. The Balaban J connectivity index is 1.39. The van der Waals surface area contributed by atoms with E-state index in [4.69, 9.17) is 21.9 Å². The Hall–Kier alpha value is -3.64. The van der Waals surface area contributed by atoms with Crippen molar-refractivity contribution in [3.63, 3.8) is 0 Å². The number of nitrogens with one attached hydrogen (secondary N) is 1. The molecular formula is C29H28N4OS. The predicted molar refractivity (Wildman–Crippen MR) is 143 cm³/mol. The molecule has 1 aliphatic carbocycles. The SMILES string of the molecule is Cc1cc([C@@H]2[C@@H](c3ccccn3)NC(=S)N2c2ccc(Oc3ccccc3)cc2)c(C)n1C1CC1. The second-order valence-electron chi connectivity index (χ2n) is 9.33. The number of ether oxygens (including phenoxy) is 1. The number of pyridine rings is 1. The average Bonchev–Trinajstić information content (AvgIpc) is 3.59. The third-order valence-electron chi connectivity index (χ3n) is 6.95. The smallest absolute Gasteiger partial charge is 0.174 e.